The van der Waals surface area contributed by atoms with E-state index in [0.29, 0.717) is 0 Å². The first-order chi connectivity index (χ1) is 48.2. The van der Waals surface area contributed by atoms with Crippen LogP contribution in [0, 0.1) is 0 Å². The van der Waals surface area contributed by atoms with Gasteiger partial charge in [-0.05, 0) is 174 Å². The SMILES string of the molecule is CC(C)(C)c1cc(-c2cccc(-c3cccc(-c4ccccc4)c3N3c4ccc(-c5ccccc5)cc4B4c5cc(-c6ccccc6)ccc5N(c5c(-c6ccccc6)cccc5-c5cccc(-c6cc(C(C)(C)C)cc(C(C)(C)C)c6)c5)c5cc(C(C)(C)C)cc3c54)c2)cc(C(C)(C)C)c1. The number of para-hydroxylation sites is 2. The van der Waals surface area contributed by atoms with Crippen LogP contribution in [0.4, 0.5) is 34.1 Å². The van der Waals surface area contributed by atoms with E-state index in [1.165, 1.54) is 100 Å². The molecular formula is C98H93BN2. The van der Waals surface area contributed by atoms with Crippen molar-refractivity contribution >= 4 is 57.2 Å². The maximum Gasteiger partial charge on any atom is 0.252 e. The third-order valence-corrected chi connectivity index (χ3v) is 21.2. The lowest BCUT2D eigenvalue weighted by atomic mass is 9.33. The predicted octanol–water partition coefficient (Wildman–Crippen LogP) is 25.6. The third kappa shape index (κ3) is 12.6. The summed E-state index contributed by atoms with van der Waals surface area (Å²) in [5.41, 5.74) is 35.6. The molecule has 2 heterocycles. The third-order valence-electron chi connectivity index (χ3n) is 21.2. The van der Waals surface area contributed by atoms with Crippen molar-refractivity contribution in [3.8, 4) is 89.0 Å². The van der Waals surface area contributed by atoms with Gasteiger partial charge in [0.2, 0.25) is 0 Å². The number of fused-ring (bicyclic) bond motifs is 4. The fraction of sp³-hybridized carbons (Fsp3) is 0.204. The Balaban J connectivity index is 1.07. The Morgan fingerprint density at radius 3 is 0.792 bits per heavy atom. The summed E-state index contributed by atoms with van der Waals surface area (Å²) >= 11 is 0. The van der Waals surface area contributed by atoms with E-state index in [9.17, 15) is 0 Å². The van der Waals surface area contributed by atoms with Crippen molar-refractivity contribution in [1.29, 1.82) is 0 Å². The Bertz CT molecular complexity index is 4910. The molecule has 0 aliphatic carbocycles. The molecule has 0 saturated heterocycles. The summed E-state index contributed by atoms with van der Waals surface area (Å²) in [5.74, 6) is 0. The monoisotopic (exact) mass is 1310 g/mol. The summed E-state index contributed by atoms with van der Waals surface area (Å²) in [6.07, 6.45) is 0. The molecule has 15 rings (SSSR count). The predicted molar refractivity (Wildman–Crippen MR) is 437 cm³/mol. The van der Waals surface area contributed by atoms with Crippen molar-refractivity contribution in [3.63, 3.8) is 0 Å². The lowest BCUT2D eigenvalue weighted by molar-refractivity contribution is 0.568. The van der Waals surface area contributed by atoms with Crippen LogP contribution in [0.25, 0.3) is 89.0 Å². The topological polar surface area (TPSA) is 6.48 Å². The quantitative estimate of drug-likeness (QED) is 0.126. The summed E-state index contributed by atoms with van der Waals surface area (Å²) in [7, 11) is 0. The van der Waals surface area contributed by atoms with E-state index in [-0.39, 0.29) is 33.8 Å². The summed E-state index contributed by atoms with van der Waals surface area (Å²) in [6, 6.07) is 112. The second-order valence-corrected chi connectivity index (χ2v) is 33.5. The summed E-state index contributed by atoms with van der Waals surface area (Å²) in [5, 5.41) is 0. The second-order valence-electron chi connectivity index (χ2n) is 33.5. The Hall–Kier alpha value is -10.5. The highest BCUT2D eigenvalue weighted by molar-refractivity contribution is 7.00. The number of anilines is 6. The maximum atomic E-state index is 2.70. The molecule has 0 atom stereocenters. The molecule has 0 radical (unpaired) electrons. The van der Waals surface area contributed by atoms with Crippen LogP contribution < -0.4 is 26.2 Å². The molecule has 0 fully saturated rings. The molecule has 0 saturated carbocycles. The first-order valence-corrected chi connectivity index (χ1v) is 36.3. The van der Waals surface area contributed by atoms with E-state index < -0.39 is 0 Å². The van der Waals surface area contributed by atoms with E-state index in [2.05, 4.69) is 405 Å². The summed E-state index contributed by atoms with van der Waals surface area (Å²) in [4.78, 5) is 5.40. The normalized spacial score (nSPS) is 13.0. The van der Waals surface area contributed by atoms with Gasteiger partial charge in [-0.3, -0.25) is 0 Å². The van der Waals surface area contributed by atoms with Crippen molar-refractivity contribution in [2.24, 2.45) is 0 Å². The number of benzene rings is 13. The standard InChI is InChI=1S/C98H93BN2/c1-94(2,3)76-54-74(55-77(60-76)95(4,5)6)68-40-28-42-72(52-68)83-46-30-44-81(66-36-24-18-25-37-66)92(83)100-87-50-48-70(64-32-20-16-21-33-64)58-85(87)99-86-59-71(65-34-22-17-23-35-65)49-51-88(86)101(90-63-80(98(13,14)15)62-89(100)91(90)99)93-82(67-38-26-19-27-39-67)45-31-47-84(93)73-43-29-41-69(53-73)75-56-78(96(7,8)9)61-79(57-75)97(10,11)12/h16-63H,1-15H3. The van der Waals surface area contributed by atoms with Crippen LogP contribution in [0.5, 0.6) is 0 Å². The van der Waals surface area contributed by atoms with Crippen molar-refractivity contribution in [1.82, 2.24) is 0 Å². The fourth-order valence-electron chi connectivity index (χ4n) is 15.3. The lowest BCUT2D eigenvalue weighted by Gasteiger charge is -2.46. The zero-order valence-corrected chi connectivity index (χ0v) is 61.7. The van der Waals surface area contributed by atoms with Gasteiger partial charge >= 0.3 is 0 Å². The Labute approximate surface area is 602 Å². The number of nitrogens with zero attached hydrogens (tertiary/aromatic N) is 2. The van der Waals surface area contributed by atoms with Gasteiger partial charge in [0, 0.05) is 45.0 Å². The molecule has 101 heavy (non-hydrogen) atoms. The maximum absolute atomic E-state index is 2.70. The summed E-state index contributed by atoms with van der Waals surface area (Å²) in [6.45, 7) is 35.0. The van der Waals surface area contributed by atoms with E-state index in [1.54, 1.807) is 0 Å². The van der Waals surface area contributed by atoms with Crippen molar-refractivity contribution < 1.29 is 0 Å². The molecule has 2 aliphatic heterocycles. The highest BCUT2D eigenvalue weighted by Crippen LogP contribution is 2.55. The molecule has 0 unspecified atom stereocenters. The van der Waals surface area contributed by atoms with Crippen LogP contribution in [0.3, 0.4) is 0 Å². The molecule has 3 heteroatoms. The second kappa shape index (κ2) is 25.3. The Morgan fingerprint density at radius 2 is 0.465 bits per heavy atom. The lowest BCUT2D eigenvalue weighted by Crippen LogP contribution is -2.61. The van der Waals surface area contributed by atoms with Gasteiger partial charge in [0.05, 0.1) is 11.4 Å². The van der Waals surface area contributed by atoms with E-state index in [1.807, 2.05) is 0 Å². The highest BCUT2D eigenvalue weighted by Gasteiger charge is 2.46. The first kappa shape index (κ1) is 66.4. The van der Waals surface area contributed by atoms with Crippen molar-refractivity contribution in [2.45, 2.75) is 131 Å². The van der Waals surface area contributed by atoms with Gasteiger partial charge in [-0.15, -0.1) is 0 Å². The first-order valence-electron chi connectivity index (χ1n) is 36.3. The van der Waals surface area contributed by atoms with Crippen LogP contribution in [0.15, 0.2) is 291 Å². The van der Waals surface area contributed by atoms with Crippen LogP contribution in [0.1, 0.15) is 132 Å². The molecule has 0 spiro atoms. The van der Waals surface area contributed by atoms with Gasteiger partial charge in [0.1, 0.15) is 0 Å². The van der Waals surface area contributed by atoms with E-state index >= 15 is 0 Å². The molecule has 0 bridgehead atoms. The largest absolute Gasteiger partial charge is 0.310 e. The number of hydrogen-bond donors (Lipinski definition) is 0. The summed E-state index contributed by atoms with van der Waals surface area (Å²) < 4.78 is 0. The van der Waals surface area contributed by atoms with E-state index in [4.69, 9.17) is 0 Å². The average molecular weight is 1310 g/mol. The van der Waals surface area contributed by atoms with Gasteiger partial charge in [0.25, 0.3) is 6.71 Å². The highest BCUT2D eigenvalue weighted by atomic mass is 15.2. The van der Waals surface area contributed by atoms with Crippen LogP contribution in [-0.2, 0) is 27.1 Å². The minimum atomic E-state index is -0.291. The molecule has 0 N–H and O–H groups in total. The zero-order chi connectivity index (χ0) is 70.5. The van der Waals surface area contributed by atoms with Crippen LogP contribution in [0.2, 0.25) is 0 Å². The molecule has 2 nitrogen and oxygen atoms in total. The minimum Gasteiger partial charge on any atom is -0.310 e. The van der Waals surface area contributed by atoms with Gasteiger partial charge in [-0.1, -0.05) is 359 Å². The molecule has 2 aliphatic rings. The van der Waals surface area contributed by atoms with Crippen molar-refractivity contribution in [2.75, 3.05) is 9.80 Å². The molecular weight excluding hydrogens is 1220 g/mol. The molecule has 0 aromatic heterocycles. The molecule has 13 aromatic rings. The minimum absolute atomic E-state index is 0.0449. The van der Waals surface area contributed by atoms with Gasteiger partial charge in [-0.25, -0.2) is 0 Å². The number of hydrogen-bond acceptors (Lipinski definition) is 2. The van der Waals surface area contributed by atoms with E-state index in [0.717, 1.165) is 67.3 Å². The van der Waals surface area contributed by atoms with Crippen molar-refractivity contribution in [3.05, 3.63) is 319 Å². The molecule has 498 valence electrons. The van der Waals surface area contributed by atoms with Gasteiger partial charge in [0.15, 0.2) is 0 Å². The average Bonchev–Trinajstić information content (AvgIpc) is 0.688. The number of rotatable bonds is 10. The molecule has 13 aromatic carbocycles. The zero-order valence-electron chi connectivity index (χ0n) is 61.7. The Kier molecular flexibility index (Phi) is 16.6. The Morgan fingerprint density at radius 1 is 0.198 bits per heavy atom. The smallest absolute Gasteiger partial charge is 0.252 e. The van der Waals surface area contributed by atoms with Gasteiger partial charge < -0.3 is 9.80 Å². The molecule has 0 amide bonds. The van der Waals surface area contributed by atoms with Gasteiger partial charge in [-0.2, -0.15) is 0 Å². The fourth-order valence-corrected chi connectivity index (χ4v) is 15.3. The van der Waals surface area contributed by atoms with Crippen LogP contribution in [-0.4, -0.2) is 6.71 Å². The van der Waals surface area contributed by atoms with Crippen LogP contribution >= 0.6 is 0 Å².